The van der Waals surface area contributed by atoms with Crippen molar-refractivity contribution in [1.82, 2.24) is 0 Å². The lowest BCUT2D eigenvalue weighted by atomic mass is 10.1. The van der Waals surface area contributed by atoms with Gasteiger partial charge in [-0.15, -0.1) is 0 Å². The van der Waals surface area contributed by atoms with Crippen LogP contribution in [0.15, 0.2) is 41.6 Å². The van der Waals surface area contributed by atoms with E-state index < -0.39 is 15.5 Å². The lowest BCUT2D eigenvalue weighted by molar-refractivity contribution is -0.0429. The Morgan fingerprint density at radius 3 is 2.33 bits per heavy atom. The Hall–Kier alpha value is -1.68. The topological polar surface area (TPSA) is 67.8 Å². The zero-order chi connectivity index (χ0) is 20.4. The summed E-state index contributed by atoms with van der Waals surface area (Å²) < 4.78 is 62.0. The third-order valence-electron chi connectivity index (χ3n) is 3.10. The number of nitrogens with one attached hydrogen (secondary N) is 1. The van der Waals surface area contributed by atoms with Crippen molar-refractivity contribution in [2.75, 3.05) is 4.72 Å². The summed E-state index contributed by atoms with van der Waals surface area (Å²) in [4.78, 5) is 5.15. The van der Waals surface area contributed by atoms with E-state index in [-0.39, 0.29) is 32.8 Å². The van der Waals surface area contributed by atoms with E-state index in [9.17, 15) is 21.6 Å². The maximum Gasteiger partial charge on any atom is 0.516 e. The number of hydrogen-bond donors (Lipinski definition) is 1. The fourth-order valence-corrected chi connectivity index (χ4v) is 2.85. The zero-order valence-electron chi connectivity index (χ0n) is 13.3. The van der Waals surface area contributed by atoms with Crippen LogP contribution in [0.4, 0.5) is 18.9 Å². The highest BCUT2D eigenvalue weighted by Gasteiger charge is 2.46. The molecule has 146 valence electrons. The number of sulfonamides is 1. The minimum atomic E-state index is -5.62. The molecule has 0 radical (unpaired) electrons. The zero-order valence-corrected chi connectivity index (χ0v) is 16.4. The molecule has 2 aromatic rings. The molecule has 2 rings (SSSR count). The number of oxime groups is 1. The number of hydrogen-bond acceptors (Lipinski definition) is 4. The van der Waals surface area contributed by atoms with Crippen molar-refractivity contribution in [3.05, 3.63) is 57.0 Å². The third kappa shape index (κ3) is 5.41. The van der Waals surface area contributed by atoms with Crippen LogP contribution in [-0.2, 0) is 10.0 Å². The van der Waals surface area contributed by atoms with Crippen molar-refractivity contribution in [2.24, 2.45) is 5.16 Å². The second-order valence-corrected chi connectivity index (χ2v) is 8.01. The normalized spacial score (nSPS) is 12.8. The van der Waals surface area contributed by atoms with Gasteiger partial charge < -0.3 is 4.84 Å². The van der Waals surface area contributed by atoms with E-state index in [1.807, 2.05) is 0 Å². The van der Waals surface area contributed by atoms with Gasteiger partial charge in [-0.05, 0) is 37.3 Å². The molecule has 12 heteroatoms. The number of alkyl halides is 3. The summed E-state index contributed by atoms with van der Waals surface area (Å²) in [7, 11) is -5.62. The molecule has 0 bridgehead atoms. The van der Waals surface area contributed by atoms with E-state index in [0.29, 0.717) is 5.02 Å². The summed E-state index contributed by atoms with van der Waals surface area (Å²) in [5, 5.41) is 4.43. The summed E-state index contributed by atoms with van der Waals surface area (Å²) in [6, 6.07) is 7.87. The van der Waals surface area contributed by atoms with Crippen molar-refractivity contribution in [3.8, 4) is 5.75 Å². The molecule has 2 aromatic carbocycles. The van der Waals surface area contributed by atoms with Crippen LogP contribution in [0.25, 0.3) is 0 Å². The lowest BCUT2D eigenvalue weighted by Gasteiger charge is -2.14. The second-order valence-electron chi connectivity index (χ2n) is 5.09. The predicted octanol–water partition coefficient (Wildman–Crippen LogP) is 5.71. The highest BCUT2D eigenvalue weighted by Crippen LogP contribution is 2.29. The fourth-order valence-electron chi connectivity index (χ4n) is 1.81. The number of anilines is 1. The van der Waals surface area contributed by atoms with Crippen molar-refractivity contribution in [3.63, 3.8) is 0 Å². The van der Waals surface area contributed by atoms with Crippen LogP contribution in [-0.4, -0.2) is 19.6 Å². The van der Waals surface area contributed by atoms with Crippen LogP contribution in [0, 0.1) is 0 Å². The Morgan fingerprint density at radius 1 is 1.07 bits per heavy atom. The molecule has 0 fully saturated rings. The molecule has 0 saturated carbocycles. The smallest absolute Gasteiger partial charge is 0.357 e. The standard InChI is InChI=1S/C15H10Cl3F3N2O3S/c1-8(22-26-10-3-4-12(17)13(18)7-10)11-6-9(16)2-5-14(11)23-27(24,25)15(19,20)21/h2-7,23H,1H3. The van der Waals surface area contributed by atoms with Gasteiger partial charge in [0, 0.05) is 16.7 Å². The Kier molecular flexibility index (Phi) is 6.51. The third-order valence-corrected chi connectivity index (χ3v) is 5.17. The van der Waals surface area contributed by atoms with Gasteiger partial charge in [0.2, 0.25) is 0 Å². The molecule has 27 heavy (non-hydrogen) atoms. The molecule has 0 aliphatic rings. The number of nitrogens with zero attached hydrogens (tertiary/aromatic N) is 1. The molecule has 0 unspecified atom stereocenters. The van der Waals surface area contributed by atoms with E-state index in [4.69, 9.17) is 39.6 Å². The second kappa shape index (κ2) is 8.14. The molecular weight excluding hydrogens is 452 g/mol. The molecule has 5 nitrogen and oxygen atoms in total. The Balaban J connectivity index is 2.36. The SMILES string of the molecule is CC(=NOc1ccc(Cl)c(Cl)c1)c1cc(Cl)ccc1NS(=O)(=O)C(F)(F)F. The lowest BCUT2D eigenvalue weighted by Crippen LogP contribution is -2.30. The Labute approximate surface area is 167 Å². The highest BCUT2D eigenvalue weighted by atomic mass is 35.5. The van der Waals surface area contributed by atoms with E-state index >= 15 is 0 Å². The van der Waals surface area contributed by atoms with E-state index in [1.165, 1.54) is 42.0 Å². The van der Waals surface area contributed by atoms with Crippen LogP contribution >= 0.6 is 34.8 Å². The van der Waals surface area contributed by atoms with Gasteiger partial charge in [-0.1, -0.05) is 40.0 Å². The molecule has 0 aliphatic heterocycles. The van der Waals surface area contributed by atoms with Gasteiger partial charge in [-0.2, -0.15) is 21.6 Å². The first kappa shape index (κ1) is 21.6. The van der Waals surface area contributed by atoms with Crippen molar-refractivity contribution >= 4 is 56.2 Å². The van der Waals surface area contributed by atoms with Gasteiger partial charge >= 0.3 is 15.5 Å². The minimum absolute atomic E-state index is 0.00427. The molecule has 0 saturated heterocycles. The van der Waals surface area contributed by atoms with Crippen LogP contribution in [0.3, 0.4) is 0 Å². The van der Waals surface area contributed by atoms with Crippen molar-refractivity contribution < 1.29 is 26.4 Å². The monoisotopic (exact) mass is 460 g/mol. The summed E-state index contributed by atoms with van der Waals surface area (Å²) in [6.07, 6.45) is 0. The van der Waals surface area contributed by atoms with Gasteiger partial charge in [0.1, 0.15) is 0 Å². The van der Waals surface area contributed by atoms with Gasteiger partial charge in [-0.25, -0.2) is 0 Å². The maximum absolute atomic E-state index is 12.6. The average Bonchev–Trinajstić information content (AvgIpc) is 2.56. The van der Waals surface area contributed by atoms with Crippen LogP contribution < -0.4 is 9.56 Å². The molecule has 0 atom stereocenters. The molecular formula is C15H10Cl3F3N2O3S. The van der Waals surface area contributed by atoms with Crippen LogP contribution in [0.5, 0.6) is 5.75 Å². The summed E-state index contributed by atoms with van der Waals surface area (Å²) >= 11 is 17.5. The molecule has 0 aliphatic carbocycles. The highest BCUT2D eigenvalue weighted by molar-refractivity contribution is 7.93. The largest absolute Gasteiger partial charge is 0.516 e. The average molecular weight is 462 g/mol. The first-order valence-corrected chi connectivity index (χ1v) is 9.58. The maximum atomic E-state index is 12.6. The van der Waals surface area contributed by atoms with E-state index in [1.54, 1.807) is 0 Å². The van der Waals surface area contributed by atoms with E-state index in [0.717, 1.165) is 6.07 Å². The van der Waals surface area contributed by atoms with Crippen LogP contribution in [0.2, 0.25) is 15.1 Å². The quantitative estimate of drug-likeness (QED) is 0.458. The molecule has 0 heterocycles. The first-order valence-electron chi connectivity index (χ1n) is 6.96. The molecule has 0 aromatic heterocycles. The fraction of sp³-hybridized carbons (Fsp3) is 0.133. The van der Waals surface area contributed by atoms with Crippen molar-refractivity contribution in [2.45, 2.75) is 12.4 Å². The molecule has 1 N–H and O–H groups in total. The first-order chi connectivity index (χ1) is 12.4. The van der Waals surface area contributed by atoms with Gasteiger partial charge in [0.05, 0.1) is 21.4 Å². The molecule has 0 spiro atoms. The summed E-state index contributed by atoms with van der Waals surface area (Å²) in [5.41, 5.74) is -5.79. The number of halogens is 6. The number of benzene rings is 2. The summed E-state index contributed by atoms with van der Waals surface area (Å²) in [6.45, 7) is 1.40. The van der Waals surface area contributed by atoms with E-state index in [2.05, 4.69) is 5.16 Å². The molecule has 0 amide bonds. The minimum Gasteiger partial charge on any atom is -0.357 e. The van der Waals surface area contributed by atoms with Gasteiger partial charge in [0.15, 0.2) is 5.75 Å². The van der Waals surface area contributed by atoms with Gasteiger partial charge in [-0.3, -0.25) is 4.72 Å². The van der Waals surface area contributed by atoms with Crippen LogP contribution in [0.1, 0.15) is 12.5 Å². The van der Waals surface area contributed by atoms with Crippen molar-refractivity contribution in [1.29, 1.82) is 0 Å². The van der Waals surface area contributed by atoms with Gasteiger partial charge in [0.25, 0.3) is 0 Å². The summed E-state index contributed by atoms with van der Waals surface area (Å²) in [5.74, 6) is 0.211. The Morgan fingerprint density at radius 2 is 1.74 bits per heavy atom. The number of rotatable bonds is 5. The Bertz CT molecular complexity index is 996. The predicted molar refractivity (Wildman–Crippen MR) is 99.4 cm³/mol.